The van der Waals surface area contributed by atoms with Crippen molar-refractivity contribution in [1.29, 1.82) is 0 Å². The average Bonchev–Trinajstić information content (AvgIpc) is 2.32. The first-order valence-corrected chi connectivity index (χ1v) is 5.45. The molecule has 1 rings (SSSR count). The van der Waals surface area contributed by atoms with E-state index in [0.29, 0.717) is 5.56 Å². The highest BCUT2D eigenvalue weighted by atomic mass is 16.4. The van der Waals surface area contributed by atoms with E-state index in [9.17, 15) is 14.7 Å². The fourth-order valence-corrected chi connectivity index (χ4v) is 1.37. The summed E-state index contributed by atoms with van der Waals surface area (Å²) < 4.78 is 0. The van der Waals surface area contributed by atoms with Crippen molar-refractivity contribution < 1.29 is 24.9 Å². The maximum atomic E-state index is 11.5. The third-order valence-corrected chi connectivity index (χ3v) is 2.37. The molecule has 0 radical (unpaired) electrons. The molecule has 0 spiro atoms. The van der Waals surface area contributed by atoms with Gasteiger partial charge in [0.15, 0.2) is 6.10 Å². The molecular formula is C12H15NO5. The van der Waals surface area contributed by atoms with Gasteiger partial charge in [-0.3, -0.25) is 4.79 Å². The van der Waals surface area contributed by atoms with Crippen LogP contribution in [0.3, 0.4) is 0 Å². The van der Waals surface area contributed by atoms with Crippen molar-refractivity contribution in [2.45, 2.75) is 18.9 Å². The second-order valence-corrected chi connectivity index (χ2v) is 3.80. The predicted octanol–water partition coefficient (Wildman–Crippen LogP) is -0.114. The molecule has 0 aliphatic heterocycles. The molecule has 1 atom stereocenters. The van der Waals surface area contributed by atoms with E-state index in [1.165, 1.54) is 6.07 Å². The molecule has 0 aromatic heterocycles. The number of hydrogen-bond donors (Lipinski definition) is 4. The Morgan fingerprint density at radius 2 is 1.94 bits per heavy atom. The van der Waals surface area contributed by atoms with Gasteiger partial charge < -0.3 is 20.6 Å². The van der Waals surface area contributed by atoms with Gasteiger partial charge in [0.1, 0.15) is 5.75 Å². The average molecular weight is 253 g/mol. The number of benzene rings is 1. The largest absolute Gasteiger partial charge is 0.508 e. The Morgan fingerprint density at radius 1 is 1.28 bits per heavy atom. The highest BCUT2D eigenvalue weighted by Gasteiger charge is 2.13. The van der Waals surface area contributed by atoms with Crippen molar-refractivity contribution in [3.63, 3.8) is 0 Å². The lowest BCUT2D eigenvalue weighted by molar-refractivity contribution is -0.147. The zero-order valence-electron chi connectivity index (χ0n) is 9.67. The number of phenolic OH excluding ortho intramolecular Hbond substituents is 1. The standard InChI is InChI=1S/C12H15NO5/c14-9-4-2-1-3-8(9)7-11(16)13-6-5-10(15)12(17)18/h1-4,10,14-15H,5-7H2,(H,13,16)(H,17,18). The summed E-state index contributed by atoms with van der Waals surface area (Å²) in [5.41, 5.74) is 0.494. The molecule has 0 heterocycles. The van der Waals surface area contributed by atoms with Crippen molar-refractivity contribution >= 4 is 11.9 Å². The maximum absolute atomic E-state index is 11.5. The fraction of sp³-hybridized carbons (Fsp3) is 0.333. The molecule has 0 aliphatic carbocycles. The zero-order valence-corrected chi connectivity index (χ0v) is 9.67. The quantitative estimate of drug-likeness (QED) is 0.565. The van der Waals surface area contributed by atoms with Gasteiger partial charge in [-0.2, -0.15) is 0 Å². The molecule has 6 heteroatoms. The van der Waals surface area contributed by atoms with Gasteiger partial charge in [-0.15, -0.1) is 0 Å². The Kier molecular flexibility index (Phi) is 5.13. The summed E-state index contributed by atoms with van der Waals surface area (Å²) in [4.78, 5) is 21.8. The predicted molar refractivity (Wildman–Crippen MR) is 63.1 cm³/mol. The molecule has 0 saturated carbocycles. The van der Waals surface area contributed by atoms with Gasteiger partial charge in [-0.1, -0.05) is 18.2 Å². The summed E-state index contributed by atoms with van der Waals surface area (Å²) in [6.07, 6.45) is -1.52. The number of carboxylic acids is 1. The summed E-state index contributed by atoms with van der Waals surface area (Å²) in [6.45, 7) is 0.0693. The van der Waals surface area contributed by atoms with Crippen LogP contribution in [0.4, 0.5) is 0 Å². The Balaban J connectivity index is 2.35. The number of phenols is 1. The minimum atomic E-state index is -1.48. The molecule has 0 bridgehead atoms. The van der Waals surface area contributed by atoms with Gasteiger partial charge in [0.05, 0.1) is 6.42 Å². The van der Waals surface area contributed by atoms with Crippen LogP contribution < -0.4 is 5.32 Å². The zero-order chi connectivity index (χ0) is 13.5. The number of para-hydroxylation sites is 1. The number of hydrogen-bond acceptors (Lipinski definition) is 4. The van der Waals surface area contributed by atoms with E-state index in [2.05, 4.69) is 5.32 Å². The number of carbonyl (C=O) groups excluding carboxylic acids is 1. The van der Waals surface area contributed by atoms with Gasteiger partial charge in [0.25, 0.3) is 0 Å². The topological polar surface area (TPSA) is 107 Å². The van der Waals surface area contributed by atoms with Crippen molar-refractivity contribution in [2.24, 2.45) is 0 Å². The number of rotatable bonds is 6. The van der Waals surface area contributed by atoms with Crippen LogP contribution in [0, 0.1) is 0 Å². The molecule has 1 amide bonds. The Morgan fingerprint density at radius 3 is 2.56 bits per heavy atom. The van der Waals surface area contributed by atoms with Crippen molar-refractivity contribution in [3.8, 4) is 5.75 Å². The summed E-state index contributed by atoms with van der Waals surface area (Å²) >= 11 is 0. The van der Waals surface area contributed by atoms with E-state index >= 15 is 0 Å². The van der Waals surface area contributed by atoms with Crippen LogP contribution >= 0.6 is 0 Å². The highest BCUT2D eigenvalue weighted by Crippen LogP contribution is 2.15. The maximum Gasteiger partial charge on any atom is 0.332 e. The Hall–Kier alpha value is -2.08. The minimum Gasteiger partial charge on any atom is -0.508 e. The number of amides is 1. The minimum absolute atomic E-state index is 0.00976. The smallest absolute Gasteiger partial charge is 0.332 e. The molecule has 1 aromatic rings. The van der Waals surface area contributed by atoms with Gasteiger partial charge in [-0.25, -0.2) is 4.79 Å². The second kappa shape index (κ2) is 6.61. The van der Waals surface area contributed by atoms with E-state index in [1.807, 2.05) is 0 Å². The van der Waals surface area contributed by atoms with Crippen molar-refractivity contribution in [1.82, 2.24) is 5.32 Å². The Bertz CT molecular complexity index is 432. The van der Waals surface area contributed by atoms with Gasteiger partial charge in [-0.05, 0) is 6.07 Å². The van der Waals surface area contributed by atoms with Crippen LogP contribution in [0.15, 0.2) is 24.3 Å². The number of aromatic hydroxyl groups is 1. The van der Waals surface area contributed by atoms with Crippen molar-refractivity contribution in [2.75, 3.05) is 6.54 Å². The van der Waals surface area contributed by atoms with Crippen LogP contribution in [0.2, 0.25) is 0 Å². The second-order valence-electron chi connectivity index (χ2n) is 3.80. The van der Waals surface area contributed by atoms with Gasteiger partial charge in [0, 0.05) is 18.5 Å². The first-order chi connectivity index (χ1) is 8.50. The highest BCUT2D eigenvalue weighted by molar-refractivity contribution is 5.79. The molecule has 6 nitrogen and oxygen atoms in total. The molecular weight excluding hydrogens is 238 g/mol. The fourth-order valence-electron chi connectivity index (χ4n) is 1.37. The van der Waals surface area contributed by atoms with E-state index in [-0.39, 0.29) is 31.0 Å². The first-order valence-electron chi connectivity index (χ1n) is 5.45. The lowest BCUT2D eigenvalue weighted by Crippen LogP contribution is -2.30. The lowest BCUT2D eigenvalue weighted by Gasteiger charge is -2.08. The number of aliphatic carboxylic acids is 1. The molecule has 18 heavy (non-hydrogen) atoms. The number of carboxylic acid groups (broad SMARTS) is 1. The number of aliphatic hydroxyl groups is 1. The molecule has 0 aliphatic rings. The number of carbonyl (C=O) groups is 2. The van der Waals surface area contributed by atoms with Crippen LogP contribution in [-0.2, 0) is 16.0 Å². The van der Waals surface area contributed by atoms with E-state index in [1.54, 1.807) is 18.2 Å². The van der Waals surface area contributed by atoms with E-state index in [4.69, 9.17) is 10.2 Å². The van der Waals surface area contributed by atoms with Gasteiger partial charge >= 0.3 is 5.97 Å². The number of nitrogens with one attached hydrogen (secondary N) is 1. The number of aliphatic hydroxyl groups excluding tert-OH is 1. The van der Waals surface area contributed by atoms with Crippen LogP contribution in [0.25, 0.3) is 0 Å². The van der Waals surface area contributed by atoms with Crippen molar-refractivity contribution in [3.05, 3.63) is 29.8 Å². The summed E-state index contributed by atoms with van der Waals surface area (Å²) in [7, 11) is 0. The third-order valence-electron chi connectivity index (χ3n) is 2.37. The van der Waals surface area contributed by atoms with E-state index in [0.717, 1.165) is 0 Å². The molecule has 0 fully saturated rings. The Labute approximate surface area is 104 Å². The monoisotopic (exact) mass is 253 g/mol. The molecule has 1 unspecified atom stereocenters. The first kappa shape index (κ1) is 14.0. The van der Waals surface area contributed by atoms with Crippen LogP contribution in [0.5, 0.6) is 5.75 Å². The third kappa shape index (κ3) is 4.42. The molecule has 0 saturated heterocycles. The summed E-state index contributed by atoms with van der Waals surface area (Å²) in [6, 6.07) is 6.47. The summed E-state index contributed by atoms with van der Waals surface area (Å²) in [5, 5.41) is 29.3. The summed E-state index contributed by atoms with van der Waals surface area (Å²) in [5.74, 6) is -1.61. The molecule has 1 aromatic carbocycles. The van der Waals surface area contributed by atoms with Gasteiger partial charge in [0.2, 0.25) is 5.91 Å². The van der Waals surface area contributed by atoms with Crippen LogP contribution in [0.1, 0.15) is 12.0 Å². The molecule has 98 valence electrons. The van der Waals surface area contributed by atoms with E-state index < -0.39 is 12.1 Å². The lowest BCUT2D eigenvalue weighted by atomic mass is 10.1. The molecule has 4 N–H and O–H groups in total. The van der Waals surface area contributed by atoms with Crippen LogP contribution in [-0.4, -0.2) is 39.8 Å². The normalized spacial score (nSPS) is 11.8. The SMILES string of the molecule is O=C(Cc1ccccc1O)NCCC(O)C(=O)O.